The smallest absolute Gasteiger partial charge is 0.175 e. The Balaban J connectivity index is 0.000000206. The number of thiocarbonyl (C=S) groups is 1. The molecule has 260 valence electrons. The molecule has 6 aromatic rings. The van der Waals surface area contributed by atoms with Crippen LogP contribution in [0.3, 0.4) is 0 Å². The van der Waals surface area contributed by atoms with E-state index in [-0.39, 0.29) is 0 Å². The van der Waals surface area contributed by atoms with Crippen LogP contribution in [0.25, 0.3) is 0 Å². The molecule has 0 saturated heterocycles. The molecule has 0 atom stereocenters. The van der Waals surface area contributed by atoms with Crippen molar-refractivity contribution >= 4 is 51.9 Å². The first kappa shape index (κ1) is 37.1. The van der Waals surface area contributed by atoms with Gasteiger partial charge in [0.05, 0.1) is 19.8 Å². The van der Waals surface area contributed by atoms with Crippen LogP contribution in [0, 0.1) is 0 Å². The van der Waals surface area contributed by atoms with E-state index in [9.17, 15) is 0 Å². The van der Waals surface area contributed by atoms with Gasteiger partial charge in [-0.05, 0) is 124 Å². The summed E-state index contributed by atoms with van der Waals surface area (Å²) in [6, 6.07) is 56.8. The van der Waals surface area contributed by atoms with Crippen molar-refractivity contribution in [2.75, 3.05) is 30.5 Å². The first-order chi connectivity index (χ1) is 25.0. The Morgan fingerprint density at radius 3 is 1.24 bits per heavy atom. The summed E-state index contributed by atoms with van der Waals surface area (Å²) < 4.78 is 16.8. The molecule has 0 amide bonds. The second-order valence-electron chi connectivity index (χ2n) is 11.5. The molecule has 5 nitrogen and oxygen atoms in total. The molecule has 0 aliphatic heterocycles. The maximum Gasteiger partial charge on any atom is 0.175 e. The average molecular weight is 714 g/mol. The van der Waals surface area contributed by atoms with Crippen molar-refractivity contribution in [2.45, 2.75) is 26.9 Å². The zero-order valence-corrected chi connectivity index (χ0v) is 31.2. The first-order valence-corrected chi connectivity index (χ1v) is 19.7. The summed E-state index contributed by atoms with van der Waals surface area (Å²) in [5, 5.41) is 11.0. The van der Waals surface area contributed by atoms with Gasteiger partial charge in [-0.3, -0.25) is 0 Å². The van der Waals surface area contributed by atoms with Gasteiger partial charge in [0.2, 0.25) is 0 Å². The van der Waals surface area contributed by atoms with Gasteiger partial charge >= 0.3 is 0 Å². The summed E-state index contributed by atoms with van der Waals surface area (Å²) in [7, 11) is -1.91. The Hall–Kier alpha value is -5.16. The molecule has 6 rings (SSSR count). The predicted octanol–water partition coefficient (Wildman–Crippen LogP) is 9.87. The highest BCUT2D eigenvalue weighted by Crippen LogP contribution is 2.59. The van der Waals surface area contributed by atoms with Crippen molar-refractivity contribution in [1.29, 1.82) is 0 Å². The maximum atomic E-state index is 6.01. The van der Waals surface area contributed by atoms with Crippen LogP contribution in [0.4, 0.5) is 11.4 Å². The minimum absolute atomic E-state index is 0.535. The lowest BCUT2D eigenvalue weighted by atomic mass is 10.2. The molecular formula is C44H46N2O3PS+. The summed E-state index contributed by atoms with van der Waals surface area (Å²) in [6.07, 6.45) is 0.932. The number of hydrogen-bond donors (Lipinski definition) is 2. The van der Waals surface area contributed by atoms with Crippen LogP contribution in [-0.2, 0) is 6.16 Å². The van der Waals surface area contributed by atoms with E-state index in [1.807, 2.05) is 69.3 Å². The van der Waals surface area contributed by atoms with Crippen molar-refractivity contribution in [3.05, 3.63) is 169 Å². The molecule has 0 radical (unpaired) electrons. The van der Waals surface area contributed by atoms with Crippen LogP contribution in [0.2, 0.25) is 0 Å². The lowest BCUT2D eigenvalue weighted by Gasteiger charge is -2.28. The molecule has 0 unspecified atom stereocenters. The van der Waals surface area contributed by atoms with Gasteiger partial charge in [0.1, 0.15) is 46.6 Å². The second-order valence-corrected chi connectivity index (χ2v) is 15.4. The van der Waals surface area contributed by atoms with Gasteiger partial charge in [-0.15, -0.1) is 0 Å². The second kappa shape index (κ2) is 19.3. The molecule has 0 aliphatic carbocycles. The van der Waals surface area contributed by atoms with Crippen LogP contribution in [0.5, 0.6) is 17.2 Å². The molecule has 6 aromatic carbocycles. The molecule has 0 bridgehead atoms. The number of para-hydroxylation sites is 1. The minimum atomic E-state index is -1.91. The summed E-state index contributed by atoms with van der Waals surface area (Å²) in [6.45, 7) is 7.95. The van der Waals surface area contributed by atoms with Crippen molar-refractivity contribution in [2.24, 2.45) is 0 Å². The molecule has 0 aromatic heterocycles. The summed E-state index contributed by atoms with van der Waals surface area (Å²) in [5.74, 6) is 2.68. The monoisotopic (exact) mass is 713 g/mol. The molecule has 51 heavy (non-hydrogen) atoms. The summed E-state index contributed by atoms with van der Waals surface area (Å²) in [4.78, 5) is 0. The SMILES string of the molecule is CCOc1ccc(NC(=S)Nc2ccc(OCC)cc2)cc1.CCOc1ccccc1C[P+](c1ccccc1)(c1ccccc1)c1ccccc1. The van der Waals surface area contributed by atoms with E-state index in [4.69, 9.17) is 26.4 Å². The number of rotatable bonds is 13. The quantitative estimate of drug-likeness (QED) is 0.0919. The number of ether oxygens (including phenoxy) is 3. The third-order valence-electron chi connectivity index (χ3n) is 8.12. The Bertz CT molecular complexity index is 1760. The van der Waals surface area contributed by atoms with E-state index in [2.05, 4.69) is 126 Å². The highest BCUT2D eigenvalue weighted by molar-refractivity contribution is 7.95. The lowest BCUT2D eigenvalue weighted by molar-refractivity contribution is 0.337. The van der Waals surface area contributed by atoms with E-state index in [1.165, 1.54) is 21.5 Å². The van der Waals surface area contributed by atoms with Gasteiger partial charge in [0.15, 0.2) is 5.11 Å². The zero-order chi connectivity index (χ0) is 35.7. The highest BCUT2D eigenvalue weighted by Gasteiger charge is 2.45. The number of hydrogen-bond acceptors (Lipinski definition) is 4. The number of nitrogens with one attached hydrogen (secondary N) is 2. The van der Waals surface area contributed by atoms with Crippen LogP contribution in [0.15, 0.2) is 164 Å². The topological polar surface area (TPSA) is 51.8 Å². The predicted molar refractivity (Wildman–Crippen MR) is 222 cm³/mol. The van der Waals surface area contributed by atoms with E-state index in [0.29, 0.717) is 24.9 Å². The molecule has 0 heterocycles. The Labute approximate surface area is 309 Å². The zero-order valence-electron chi connectivity index (χ0n) is 29.5. The third kappa shape index (κ3) is 10.2. The van der Waals surface area contributed by atoms with Gasteiger partial charge in [0.25, 0.3) is 0 Å². The van der Waals surface area contributed by atoms with Gasteiger partial charge < -0.3 is 24.8 Å². The van der Waals surface area contributed by atoms with E-state index < -0.39 is 7.26 Å². The van der Waals surface area contributed by atoms with Crippen LogP contribution in [-0.4, -0.2) is 24.9 Å². The molecule has 7 heteroatoms. The molecule has 0 aliphatic rings. The molecule has 0 spiro atoms. The van der Waals surface area contributed by atoms with Crippen molar-refractivity contribution < 1.29 is 14.2 Å². The molecule has 2 N–H and O–H groups in total. The van der Waals surface area contributed by atoms with Crippen molar-refractivity contribution in [3.63, 3.8) is 0 Å². The van der Waals surface area contributed by atoms with Gasteiger partial charge in [0, 0.05) is 16.9 Å². The van der Waals surface area contributed by atoms with E-state index in [1.54, 1.807) is 0 Å². The van der Waals surface area contributed by atoms with Gasteiger partial charge in [-0.1, -0.05) is 72.8 Å². The Kier molecular flexibility index (Phi) is 14.0. The standard InChI is InChI=1S/C27H26OP.C17H20N2O2S/c1-2-28-27-21-13-12-14-23(27)22-29(24-15-6-3-7-16-24,25-17-8-4-9-18-25)26-19-10-5-11-20-26;1-3-20-15-9-5-13(6-10-15)18-17(22)19-14-7-11-16(12-8-14)21-4-2/h3-21H,2,22H2,1H3;5-12H,3-4H2,1-2H3,(H2,18,19,22)/q+1;. The number of anilines is 2. The first-order valence-electron chi connectivity index (χ1n) is 17.3. The maximum absolute atomic E-state index is 6.01. The van der Waals surface area contributed by atoms with Crippen molar-refractivity contribution in [1.82, 2.24) is 0 Å². The highest BCUT2D eigenvalue weighted by atomic mass is 32.1. The van der Waals surface area contributed by atoms with Crippen LogP contribution >= 0.6 is 19.5 Å². The largest absolute Gasteiger partial charge is 0.494 e. The Morgan fingerprint density at radius 2 is 0.843 bits per heavy atom. The fourth-order valence-electron chi connectivity index (χ4n) is 5.85. The fourth-order valence-corrected chi connectivity index (χ4v) is 10.3. The molecular weight excluding hydrogens is 668 g/mol. The van der Waals surface area contributed by atoms with Crippen molar-refractivity contribution in [3.8, 4) is 17.2 Å². The number of benzene rings is 6. The normalized spacial score (nSPS) is 10.6. The van der Waals surface area contributed by atoms with E-state index >= 15 is 0 Å². The molecule has 0 fully saturated rings. The Morgan fingerprint density at radius 1 is 0.471 bits per heavy atom. The lowest BCUT2D eigenvalue weighted by Crippen LogP contribution is -2.32. The fraction of sp³-hybridized carbons (Fsp3) is 0.159. The molecule has 0 saturated carbocycles. The van der Waals surface area contributed by atoms with Crippen LogP contribution in [0.1, 0.15) is 26.3 Å². The third-order valence-corrected chi connectivity index (χ3v) is 12.7. The average Bonchev–Trinajstić information content (AvgIpc) is 3.18. The summed E-state index contributed by atoms with van der Waals surface area (Å²) >= 11 is 5.30. The van der Waals surface area contributed by atoms with Crippen LogP contribution < -0.4 is 40.8 Å². The minimum Gasteiger partial charge on any atom is -0.494 e. The van der Waals surface area contributed by atoms with Gasteiger partial charge in [-0.2, -0.15) is 0 Å². The van der Waals surface area contributed by atoms with E-state index in [0.717, 1.165) is 34.8 Å². The van der Waals surface area contributed by atoms with Gasteiger partial charge in [-0.25, -0.2) is 0 Å². The summed E-state index contributed by atoms with van der Waals surface area (Å²) in [5.41, 5.74) is 3.08.